The van der Waals surface area contributed by atoms with Crippen LogP contribution >= 0.6 is 0 Å². The topological polar surface area (TPSA) is 56.7 Å². The van der Waals surface area contributed by atoms with Crippen molar-refractivity contribution in [3.05, 3.63) is 218 Å². The minimum absolute atomic E-state index is 0.0285. The third kappa shape index (κ3) is 5.00. The van der Waals surface area contributed by atoms with Gasteiger partial charge < -0.3 is 14.0 Å². The summed E-state index contributed by atoms with van der Waals surface area (Å²) in [5.74, 6) is 1.90. The molecule has 14 rings (SSSR count). The van der Waals surface area contributed by atoms with Gasteiger partial charge >= 0.3 is 0 Å². The van der Waals surface area contributed by atoms with Crippen molar-refractivity contribution in [2.45, 2.75) is 12.0 Å². The third-order valence-corrected chi connectivity index (χ3v) is 13.4. The van der Waals surface area contributed by atoms with Crippen molar-refractivity contribution in [3.63, 3.8) is 0 Å². The fourth-order valence-corrected chi connectivity index (χ4v) is 10.7. The van der Waals surface area contributed by atoms with Gasteiger partial charge in [0.05, 0.1) is 39.1 Å². The van der Waals surface area contributed by atoms with E-state index in [-0.39, 0.29) is 12.0 Å². The van der Waals surface area contributed by atoms with Gasteiger partial charge in [-0.1, -0.05) is 146 Å². The molecular formula is C57H37N7. The molecule has 2 aliphatic rings. The van der Waals surface area contributed by atoms with Crippen LogP contribution in [0.4, 0.5) is 11.6 Å². The Balaban J connectivity index is 0.974. The van der Waals surface area contributed by atoms with Gasteiger partial charge in [-0.05, 0) is 72.3 Å². The molecule has 0 saturated heterocycles. The van der Waals surface area contributed by atoms with E-state index in [2.05, 4.69) is 213 Å². The summed E-state index contributed by atoms with van der Waals surface area (Å²) in [6.45, 7) is 0. The summed E-state index contributed by atoms with van der Waals surface area (Å²) in [5.41, 5.74) is 12.3. The summed E-state index contributed by atoms with van der Waals surface area (Å²) in [5, 5.41) is 7.23. The summed E-state index contributed by atoms with van der Waals surface area (Å²) in [7, 11) is 0. The van der Waals surface area contributed by atoms with Crippen LogP contribution in [-0.2, 0) is 0 Å². The number of aromatic nitrogens is 6. The van der Waals surface area contributed by atoms with Gasteiger partial charge in [-0.25, -0.2) is 0 Å². The molecule has 0 fully saturated rings. The van der Waals surface area contributed by atoms with Crippen LogP contribution in [0.25, 0.3) is 94.1 Å². The van der Waals surface area contributed by atoms with Crippen LogP contribution in [0, 0.1) is 0 Å². The Morgan fingerprint density at radius 1 is 0.359 bits per heavy atom. The Hall–Kier alpha value is -8.55. The van der Waals surface area contributed by atoms with E-state index in [0.717, 1.165) is 44.4 Å². The lowest BCUT2D eigenvalue weighted by Crippen LogP contribution is -2.30. The molecule has 2 unspecified atom stereocenters. The summed E-state index contributed by atoms with van der Waals surface area (Å²) < 4.78 is 6.99. The average Bonchev–Trinajstić information content (AvgIpc) is 4.09. The van der Waals surface area contributed by atoms with E-state index in [9.17, 15) is 0 Å². The molecule has 0 radical (unpaired) electrons. The summed E-state index contributed by atoms with van der Waals surface area (Å²) in [6.07, 6.45) is 8.92. The van der Waals surface area contributed by atoms with Crippen molar-refractivity contribution in [3.8, 4) is 28.7 Å². The zero-order valence-electron chi connectivity index (χ0n) is 34.5. The summed E-state index contributed by atoms with van der Waals surface area (Å²) >= 11 is 0. The van der Waals surface area contributed by atoms with Gasteiger partial charge in [0.1, 0.15) is 0 Å². The molecule has 0 spiro atoms. The summed E-state index contributed by atoms with van der Waals surface area (Å²) in [4.78, 5) is 18.4. The SMILES string of the molecule is C1=CC2c3cc(-n4c5ccccc5c5ccccc54)ccc3N(c3nc(-c4ccccc4)nc(-n4c5ccccc5c5cc(-n6c7ccccc7c7ccccc76)ccc54)n3)C2C=C1. The molecule has 64 heavy (non-hydrogen) atoms. The van der Waals surface area contributed by atoms with Crippen LogP contribution in [0.5, 0.6) is 0 Å². The first-order valence-corrected chi connectivity index (χ1v) is 21.9. The molecule has 12 aromatic rings. The first kappa shape index (κ1) is 35.1. The highest BCUT2D eigenvalue weighted by atomic mass is 15.3. The van der Waals surface area contributed by atoms with Crippen LogP contribution in [-0.4, -0.2) is 34.7 Å². The number of anilines is 2. The highest BCUT2D eigenvalue weighted by Crippen LogP contribution is 2.48. The Kier molecular flexibility index (Phi) is 7.39. The zero-order valence-corrected chi connectivity index (χ0v) is 34.5. The standard InChI is InChI=1S/C57H37N7/c1-2-16-36(17-3-1)55-58-56(63-51-28-14-8-22-43(51)45-34-37(30-32-53(45)63)61-47-24-10-4-18-39(47)40-19-5-11-25-48(40)61)60-57(59-55)64-52-29-15-9-23-44(52)46-35-38(31-33-54(46)64)62-49-26-12-6-20-41(49)42-21-7-13-27-50(42)62/h1-35,43,51H. The minimum atomic E-state index is -0.0285. The number of nitrogens with zero attached hydrogens (tertiary/aromatic N) is 7. The normalized spacial score (nSPS) is 15.7. The number of fused-ring (bicyclic) bond motifs is 12. The van der Waals surface area contributed by atoms with Crippen LogP contribution in [0.1, 0.15) is 11.5 Å². The molecular weight excluding hydrogens is 783 g/mol. The van der Waals surface area contributed by atoms with E-state index >= 15 is 0 Å². The molecule has 7 heteroatoms. The first-order chi connectivity index (χ1) is 31.8. The van der Waals surface area contributed by atoms with Crippen molar-refractivity contribution in [2.75, 3.05) is 4.90 Å². The maximum Gasteiger partial charge on any atom is 0.240 e. The van der Waals surface area contributed by atoms with Gasteiger partial charge in [-0.2, -0.15) is 15.0 Å². The molecule has 0 bridgehead atoms. The van der Waals surface area contributed by atoms with Crippen LogP contribution in [0.3, 0.4) is 0 Å². The number of hydrogen-bond donors (Lipinski definition) is 0. The van der Waals surface area contributed by atoms with Gasteiger partial charge in [-0.15, -0.1) is 0 Å². The van der Waals surface area contributed by atoms with Crippen LogP contribution < -0.4 is 4.90 Å². The molecule has 5 heterocycles. The molecule has 0 N–H and O–H groups in total. The van der Waals surface area contributed by atoms with Crippen molar-refractivity contribution >= 4 is 77.1 Å². The number of allylic oxidation sites excluding steroid dienone is 2. The molecule has 1 aliphatic heterocycles. The predicted octanol–water partition coefficient (Wildman–Crippen LogP) is 13.6. The maximum atomic E-state index is 5.48. The van der Waals surface area contributed by atoms with Gasteiger partial charge in [0.2, 0.25) is 11.9 Å². The monoisotopic (exact) mass is 819 g/mol. The van der Waals surface area contributed by atoms with Gasteiger partial charge in [0.25, 0.3) is 0 Å². The van der Waals surface area contributed by atoms with E-state index in [4.69, 9.17) is 15.0 Å². The van der Waals surface area contributed by atoms with E-state index < -0.39 is 0 Å². The van der Waals surface area contributed by atoms with Crippen molar-refractivity contribution in [1.29, 1.82) is 0 Å². The van der Waals surface area contributed by atoms with Crippen LogP contribution in [0.15, 0.2) is 212 Å². The number of para-hydroxylation sites is 5. The van der Waals surface area contributed by atoms with E-state index in [1.807, 2.05) is 18.2 Å². The Morgan fingerprint density at radius 2 is 0.828 bits per heavy atom. The highest BCUT2D eigenvalue weighted by molar-refractivity contribution is 6.12. The lowest BCUT2D eigenvalue weighted by molar-refractivity contribution is 0.725. The summed E-state index contributed by atoms with van der Waals surface area (Å²) in [6, 6.07) is 67.2. The largest absolute Gasteiger partial charge is 0.309 e. The number of hydrogen-bond acceptors (Lipinski definition) is 4. The minimum Gasteiger partial charge on any atom is -0.309 e. The van der Waals surface area contributed by atoms with E-state index in [1.54, 1.807) is 0 Å². The van der Waals surface area contributed by atoms with Gasteiger partial charge in [0, 0.05) is 60.9 Å². The third-order valence-electron chi connectivity index (χ3n) is 13.4. The molecule has 8 aromatic carbocycles. The smallest absolute Gasteiger partial charge is 0.240 e. The molecule has 7 nitrogen and oxygen atoms in total. The Morgan fingerprint density at radius 3 is 1.44 bits per heavy atom. The van der Waals surface area contributed by atoms with Crippen LogP contribution in [0.2, 0.25) is 0 Å². The molecule has 4 aromatic heterocycles. The molecule has 2 atom stereocenters. The molecule has 300 valence electrons. The maximum absolute atomic E-state index is 5.48. The molecule has 0 saturated carbocycles. The fourth-order valence-electron chi connectivity index (χ4n) is 10.7. The first-order valence-electron chi connectivity index (χ1n) is 21.9. The predicted molar refractivity (Wildman–Crippen MR) is 262 cm³/mol. The highest BCUT2D eigenvalue weighted by Gasteiger charge is 2.40. The van der Waals surface area contributed by atoms with E-state index in [0.29, 0.717) is 17.7 Å². The number of benzene rings is 8. The average molecular weight is 820 g/mol. The Bertz CT molecular complexity index is 3840. The van der Waals surface area contributed by atoms with Gasteiger partial charge in [-0.3, -0.25) is 4.57 Å². The fraction of sp³-hybridized carbons (Fsp3) is 0.0351. The van der Waals surface area contributed by atoms with Crippen molar-refractivity contribution < 1.29 is 0 Å². The second-order valence-corrected chi connectivity index (χ2v) is 16.8. The molecule has 1 aliphatic carbocycles. The van der Waals surface area contributed by atoms with Gasteiger partial charge in [0.15, 0.2) is 5.82 Å². The molecule has 0 amide bonds. The second-order valence-electron chi connectivity index (χ2n) is 16.8. The lowest BCUT2D eigenvalue weighted by Gasteiger charge is -2.27. The number of rotatable bonds is 5. The zero-order chi connectivity index (χ0) is 41.9. The second kappa shape index (κ2) is 13.5. The lowest BCUT2D eigenvalue weighted by atomic mass is 9.91. The Labute approximate surface area is 367 Å². The van der Waals surface area contributed by atoms with Crippen molar-refractivity contribution in [1.82, 2.24) is 28.7 Å². The van der Waals surface area contributed by atoms with Crippen molar-refractivity contribution in [2.24, 2.45) is 0 Å². The quantitative estimate of drug-likeness (QED) is 0.174. The van der Waals surface area contributed by atoms with E-state index in [1.165, 1.54) is 49.2 Å².